The van der Waals surface area contributed by atoms with Gasteiger partial charge in [-0.15, -0.1) is 0 Å². The van der Waals surface area contributed by atoms with Gasteiger partial charge < -0.3 is 5.32 Å². The lowest BCUT2D eigenvalue weighted by molar-refractivity contribution is 0.633. The average Bonchev–Trinajstić information content (AvgIpc) is 2.34. The van der Waals surface area contributed by atoms with Crippen LogP contribution < -0.4 is 5.32 Å². The van der Waals surface area contributed by atoms with Crippen LogP contribution in [0.25, 0.3) is 17.0 Å². The predicted molar refractivity (Wildman–Crippen MR) is 78.7 cm³/mol. The van der Waals surface area contributed by atoms with E-state index in [1.165, 1.54) is 10.9 Å². The van der Waals surface area contributed by atoms with Gasteiger partial charge in [0.05, 0.1) is 5.52 Å². The minimum absolute atomic E-state index is 0.526. The maximum atomic E-state index is 4.50. The molecule has 2 nitrogen and oxygen atoms in total. The Morgan fingerprint density at radius 2 is 2.06 bits per heavy atom. The molecule has 1 aromatic heterocycles. The van der Waals surface area contributed by atoms with Crippen molar-refractivity contribution in [1.29, 1.82) is 0 Å². The number of rotatable bonds is 4. The molecule has 0 bridgehead atoms. The van der Waals surface area contributed by atoms with E-state index < -0.39 is 0 Å². The van der Waals surface area contributed by atoms with Crippen LogP contribution in [0, 0.1) is 6.92 Å². The zero-order valence-electron chi connectivity index (χ0n) is 11.3. The largest absolute Gasteiger partial charge is 0.311 e. The molecule has 1 N–H and O–H groups in total. The Labute approximate surface area is 109 Å². The smallest absolute Gasteiger partial charge is 0.0705 e. The Balaban J connectivity index is 2.12. The maximum Gasteiger partial charge on any atom is 0.0705 e. The first-order chi connectivity index (χ1) is 8.65. The molecule has 0 unspecified atom stereocenters. The highest BCUT2D eigenvalue weighted by molar-refractivity contribution is 5.81. The van der Waals surface area contributed by atoms with Crippen molar-refractivity contribution < 1.29 is 0 Å². The summed E-state index contributed by atoms with van der Waals surface area (Å²) < 4.78 is 0. The van der Waals surface area contributed by atoms with E-state index in [4.69, 9.17) is 0 Å². The van der Waals surface area contributed by atoms with Gasteiger partial charge in [0.2, 0.25) is 0 Å². The van der Waals surface area contributed by atoms with Crippen LogP contribution in [-0.2, 0) is 0 Å². The van der Waals surface area contributed by atoms with Gasteiger partial charge in [0, 0.05) is 23.7 Å². The van der Waals surface area contributed by atoms with E-state index in [9.17, 15) is 0 Å². The van der Waals surface area contributed by atoms with Gasteiger partial charge in [0.25, 0.3) is 0 Å². The van der Waals surface area contributed by atoms with Crippen molar-refractivity contribution in [1.82, 2.24) is 10.3 Å². The van der Waals surface area contributed by atoms with Gasteiger partial charge in [-0.1, -0.05) is 38.1 Å². The average molecular weight is 240 g/mol. The normalized spacial score (nSPS) is 11.8. The summed E-state index contributed by atoms with van der Waals surface area (Å²) in [5.41, 5.74) is 3.35. The van der Waals surface area contributed by atoms with Crippen molar-refractivity contribution in [3.05, 3.63) is 47.7 Å². The highest BCUT2D eigenvalue weighted by Gasteiger charge is 1.96. The second kappa shape index (κ2) is 5.78. The summed E-state index contributed by atoms with van der Waals surface area (Å²) in [4.78, 5) is 4.50. The van der Waals surface area contributed by atoms with Gasteiger partial charge in [-0.05, 0) is 30.7 Å². The Morgan fingerprint density at radius 1 is 1.22 bits per heavy atom. The second-order valence-corrected chi connectivity index (χ2v) is 4.87. The molecular weight excluding hydrogens is 220 g/mol. The molecule has 0 aliphatic carbocycles. The standard InChI is InChI=1S/C16H20N2/c1-12(2)17-10-4-5-14-7-9-16-15(11-14)8-6-13(3)18-16/h4-9,11-12,17H,10H2,1-3H3/b5-4+. The number of hydrogen-bond acceptors (Lipinski definition) is 2. The number of aromatic nitrogens is 1. The maximum absolute atomic E-state index is 4.50. The van der Waals surface area contributed by atoms with Gasteiger partial charge in [-0.2, -0.15) is 0 Å². The van der Waals surface area contributed by atoms with Crippen LogP contribution in [-0.4, -0.2) is 17.6 Å². The third-order valence-electron chi connectivity index (χ3n) is 2.81. The molecule has 2 rings (SSSR count). The number of fused-ring (bicyclic) bond motifs is 1. The summed E-state index contributed by atoms with van der Waals surface area (Å²) >= 11 is 0. The molecule has 1 heterocycles. The first-order valence-electron chi connectivity index (χ1n) is 6.42. The van der Waals surface area contributed by atoms with E-state index in [-0.39, 0.29) is 0 Å². The molecule has 0 spiro atoms. The Hall–Kier alpha value is -1.67. The van der Waals surface area contributed by atoms with Crippen LogP contribution in [0.15, 0.2) is 36.4 Å². The Kier molecular flexibility index (Phi) is 4.11. The number of aryl methyl sites for hydroxylation is 1. The molecule has 0 amide bonds. The zero-order valence-corrected chi connectivity index (χ0v) is 11.3. The minimum Gasteiger partial charge on any atom is -0.311 e. The molecule has 0 atom stereocenters. The second-order valence-electron chi connectivity index (χ2n) is 4.87. The summed E-state index contributed by atoms with van der Waals surface area (Å²) in [6, 6.07) is 11.1. The van der Waals surface area contributed by atoms with E-state index >= 15 is 0 Å². The van der Waals surface area contributed by atoms with Crippen LogP contribution in [0.4, 0.5) is 0 Å². The van der Waals surface area contributed by atoms with Gasteiger partial charge in [-0.3, -0.25) is 4.98 Å². The molecule has 0 saturated carbocycles. The number of nitrogens with zero attached hydrogens (tertiary/aromatic N) is 1. The van der Waals surface area contributed by atoms with E-state index in [1.54, 1.807) is 0 Å². The highest BCUT2D eigenvalue weighted by atomic mass is 14.9. The molecule has 1 aromatic carbocycles. The fourth-order valence-electron chi connectivity index (χ4n) is 1.85. The van der Waals surface area contributed by atoms with Gasteiger partial charge in [0.1, 0.15) is 0 Å². The van der Waals surface area contributed by atoms with Crippen molar-refractivity contribution in [3.63, 3.8) is 0 Å². The fraction of sp³-hybridized carbons (Fsp3) is 0.312. The van der Waals surface area contributed by atoms with Crippen LogP contribution in [0.1, 0.15) is 25.1 Å². The fourth-order valence-corrected chi connectivity index (χ4v) is 1.85. The lowest BCUT2D eigenvalue weighted by atomic mass is 10.1. The first-order valence-corrected chi connectivity index (χ1v) is 6.42. The molecule has 2 heteroatoms. The number of benzene rings is 1. The van der Waals surface area contributed by atoms with Crippen LogP contribution in [0.5, 0.6) is 0 Å². The monoisotopic (exact) mass is 240 g/mol. The summed E-state index contributed by atoms with van der Waals surface area (Å²) in [5, 5.41) is 4.56. The SMILES string of the molecule is Cc1ccc2cc(/C=C/CNC(C)C)ccc2n1. The quantitative estimate of drug-likeness (QED) is 0.884. The molecule has 0 radical (unpaired) electrons. The summed E-state index contributed by atoms with van der Waals surface area (Å²) in [6.45, 7) is 7.22. The van der Waals surface area contributed by atoms with E-state index in [2.05, 4.69) is 66.6 Å². The summed E-state index contributed by atoms with van der Waals surface area (Å²) in [6.07, 6.45) is 4.30. The van der Waals surface area contributed by atoms with E-state index in [0.29, 0.717) is 6.04 Å². The van der Waals surface area contributed by atoms with Crippen molar-refractivity contribution >= 4 is 17.0 Å². The third kappa shape index (κ3) is 3.41. The summed E-state index contributed by atoms with van der Waals surface area (Å²) in [7, 11) is 0. The van der Waals surface area contributed by atoms with Crippen LogP contribution in [0.3, 0.4) is 0 Å². The van der Waals surface area contributed by atoms with Crippen molar-refractivity contribution in [2.24, 2.45) is 0 Å². The van der Waals surface area contributed by atoms with E-state index in [1.807, 2.05) is 6.92 Å². The highest BCUT2D eigenvalue weighted by Crippen LogP contribution is 2.15. The summed E-state index contributed by atoms with van der Waals surface area (Å²) in [5.74, 6) is 0. The molecule has 94 valence electrons. The molecular formula is C16H20N2. The van der Waals surface area contributed by atoms with Gasteiger partial charge in [-0.25, -0.2) is 0 Å². The molecule has 0 aliphatic heterocycles. The van der Waals surface area contributed by atoms with Crippen molar-refractivity contribution in [2.75, 3.05) is 6.54 Å². The molecule has 18 heavy (non-hydrogen) atoms. The van der Waals surface area contributed by atoms with Gasteiger partial charge in [0.15, 0.2) is 0 Å². The minimum atomic E-state index is 0.526. The van der Waals surface area contributed by atoms with E-state index in [0.717, 1.165) is 17.8 Å². The molecule has 0 fully saturated rings. The Morgan fingerprint density at radius 3 is 2.83 bits per heavy atom. The molecule has 0 saturated heterocycles. The van der Waals surface area contributed by atoms with Gasteiger partial charge >= 0.3 is 0 Å². The first kappa shape index (κ1) is 12.8. The van der Waals surface area contributed by atoms with Crippen molar-refractivity contribution in [3.8, 4) is 0 Å². The number of nitrogens with one attached hydrogen (secondary N) is 1. The zero-order chi connectivity index (χ0) is 13.0. The van der Waals surface area contributed by atoms with Crippen LogP contribution >= 0.6 is 0 Å². The molecule has 0 aliphatic rings. The number of hydrogen-bond donors (Lipinski definition) is 1. The Bertz CT molecular complexity index is 556. The van der Waals surface area contributed by atoms with Crippen LogP contribution in [0.2, 0.25) is 0 Å². The predicted octanol–water partition coefficient (Wildman–Crippen LogP) is 3.55. The topological polar surface area (TPSA) is 24.9 Å². The lowest BCUT2D eigenvalue weighted by Gasteiger charge is -2.04. The van der Waals surface area contributed by atoms with Crippen molar-refractivity contribution in [2.45, 2.75) is 26.8 Å². The lowest BCUT2D eigenvalue weighted by Crippen LogP contribution is -2.22. The third-order valence-corrected chi connectivity index (χ3v) is 2.81. The molecule has 2 aromatic rings. The number of pyridine rings is 1.